The highest BCUT2D eigenvalue weighted by molar-refractivity contribution is 6.31. The Morgan fingerprint density at radius 3 is 2.82 bits per heavy atom. The molecule has 33 heavy (non-hydrogen) atoms. The van der Waals surface area contributed by atoms with Gasteiger partial charge in [-0.1, -0.05) is 17.7 Å². The number of nitriles is 1. The van der Waals surface area contributed by atoms with Crippen LogP contribution in [0.25, 0.3) is 27.7 Å². The Morgan fingerprint density at radius 2 is 2.15 bits per heavy atom. The van der Waals surface area contributed by atoms with Crippen molar-refractivity contribution in [2.24, 2.45) is 0 Å². The van der Waals surface area contributed by atoms with Gasteiger partial charge in [0.05, 0.1) is 24.4 Å². The minimum absolute atomic E-state index is 0.00908. The van der Waals surface area contributed by atoms with E-state index in [9.17, 15) is 19.1 Å². The standard InChI is InChI=1S/C22H17ClF2N6O2/c1-11-17(14-4-5-27-16-6-12(23)2-3-13(14)16)21(28-8-22(32)9-33-10-22)31-20(29-11)15(7-26)18(30-31)19(24)25/h2-6,19,28,32H,8-10H2,1H3. The number of fused-ring (bicyclic) bond motifs is 2. The number of ether oxygens (including phenoxy) is 1. The molecule has 0 unspecified atom stereocenters. The third kappa shape index (κ3) is 3.54. The fourth-order valence-electron chi connectivity index (χ4n) is 3.95. The molecule has 0 spiro atoms. The lowest BCUT2D eigenvalue weighted by atomic mass is 9.99. The van der Waals surface area contributed by atoms with E-state index in [2.05, 4.69) is 20.4 Å². The summed E-state index contributed by atoms with van der Waals surface area (Å²) in [4.78, 5) is 8.83. The molecule has 1 saturated heterocycles. The summed E-state index contributed by atoms with van der Waals surface area (Å²) in [7, 11) is 0. The molecule has 5 rings (SSSR count). The van der Waals surface area contributed by atoms with Crippen molar-refractivity contribution in [1.29, 1.82) is 5.26 Å². The van der Waals surface area contributed by atoms with Gasteiger partial charge >= 0.3 is 0 Å². The summed E-state index contributed by atoms with van der Waals surface area (Å²) < 4.78 is 33.6. The van der Waals surface area contributed by atoms with Gasteiger partial charge in [0.1, 0.15) is 28.7 Å². The van der Waals surface area contributed by atoms with Gasteiger partial charge in [0.25, 0.3) is 6.43 Å². The van der Waals surface area contributed by atoms with Crippen LogP contribution in [0, 0.1) is 18.3 Å². The zero-order valence-electron chi connectivity index (χ0n) is 17.3. The quantitative estimate of drug-likeness (QED) is 0.455. The molecular formula is C22H17ClF2N6O2. The zero-order chi connectivity index (χ0) is 23.3. The summed E-state index contributed by atoms with van der Waals surface area (Å²) in [5.74, 6) is 0.323. The normalized spacial score (nSPS) is 15.1. The Bertz CT molecular complexity index is 1440. The summed E-state index contributed by atoms with van der Waals surface area (Å²) in [6.07, 6.45) is -1.34. The summed E-state index contributed by atoms with van der Waals surface area (Å²) >= 11 is 6.13. The maximum Gasteiger partial charge on any atom is 0.283 e. The van der Waals surface area contributed by atoms with Crippen LogP contribution in [0.1, 0.15) is 23.4 Å². The van der Waals surface area contributed by atoms with Crippen molar-refractivity contribution in [2.75, 3.05) is 25.1 Å². The monoisotopic (exact) mass is 470 g/mol. The van der Waals surface area contributed by atoms with Gasteiger partial charge in [0.15, 0.2) is 5.65 Å². The number of aliphatic hydroxyl groups is 1. The van der Waals surface area contributed by atoms with Crippen molar-refractivity contribution >= 4 is 34.0 Å². The molecule has 0 atom stereocenters. The highest BCUT2D eigenvalue weighted by Gasteiger charge is 2.36. The van der Waals surface area contributed by atoms with Gasteiger partial charge in [0.2, 0.25) is 0 Å². The molecule has 168 valence electrons. The van der Waals surface area contributed by atoms with E-state index in [1.54, 1.807) is 37.4 Å². The van der Waals surface area contributed by atoms with Gasteiger partial charge in [-0.3, -0.25) is 4.98 Å². The number of rotatable bonds is 5. The van der Waals surface area contributed by atoms with Crippen LogP contribution in [-0.4, -0.2) is 50.0 Å². The summed E-state index contributed by atoms with van der Waals surface area (Å²) in [6.45, 7) is 2.09. The first kappa shape index (κ1) is 21.5. The van der Waals surface area contributed by atoms with Crippen LogP contribution < -0.4 is 5.32 Å². The Balaban J connectivity index is 1.80. The summed E-state index contributed by atoms with van der Waals surface area (Å²) in [5.41, 5.74) is 0.385. The molecule has 3 aromatic heterocycles. The molecule has 2 N–H and O–H groups in total. The largest absolute Gasteiger partial charge is 0.383 e. The molecule has 0 aliphatic carbocycles. The highest BCUT2D eigenvalue weighted by Crippen LogP contribution is 2.38. The number of anilines is 1. The SMILES string of the molecule is Cc1nc2c(C#N)c(C(F)F)nn2c(NCC2(O)COC2)c1-c1ccnc2cc(Cl)ccc12. The van der Waals surface area contributed by atoms with Gasteiger partial charge in [-0.05, 0) is 30.7 Å². The molecule has 1 aromatic carbocycles. The Kier molecular flexibility index (Phi) is 5.12. The van der Waals surface area contributed by atoms with Crippen molar-refractivity contribution in [3.05, 3.63) is 52.4 Å². The molecular weight excluding hydrogens is 454 g/mol. The number of alkyl halides is 2. The first-order valence-corrected chi connectivity index (χ1v) is 10.4. The van der Waals surface area contributed by atoms with Gasteiger partial charge in [-0.15, -0.1) is 0 Å². The van der Waals surface area contributed by atoms with Crippen LogP contribution in [0.5, 0.6) is 0 Å². The predicted octanol–water partition coefficient (Wildman–Crippen LogP) is 3.89. The number of pyridine rings is 1. The second-order valence-electron chi connectivity index (χ2n) is 7.92. The third-order valence-electron chi connectivity index (χ3n) is 5.59. The Labute approximate surface area is 191 Å². The number of nitrogens with one attached hydrogen (secondary N) is 1. The van der Waals surface area contributed by atoms with Crippen molar-refractivity contribution in [2.45, 2.75) is 19.0 Å². The van der Waals surface area contributed by atoms with Crippen LogP contribution in [-0.2, 0) is 4.74 Å². The van der Waals surface area contributed by atoms with Crippen LogP contribution in [0.4, 0.5) is 14.6 Å². The smallest absolute Gasteiger partial charge is 0.283 e. The first-order chi connectivity index (χ1) is 15.8. The van der Waals surface area contributed by atoms with E-state index in [-0.39, 0.29) is 31.0 Å². The van der Waals surface area contributed by atoms with Gasteiger partial charge in [0, 0.05) is 28.7 Å². The fraction of sp³-hybridized carbons (Fsp3) is 0.273. The van der Waals surface area contributed by atoms with Crippen LogP contribution in [0.2, 0.25) is 5.02 Å². The van der Waals surface area contributed by atoms with Crippen molar-refractivity contribution in [1.82, 2.24) is 19.6 Å². The number of aromatic nitrogens is 4. The van der Waals surface area contributed by atoms with E-state index in [0.717, 1.165) is 10.9 Å². The average Bonchev–Trinajstić information content (AvgIpc) is 3.14. The predicted molar refractivity (Wildman–Crippen MR) is 117 cm³/mol. The molecule has 0 saturated carbocycles. The maximum atomic E-state index is 13.6. The van der Waals surface area contributed by atoms with Crippen LogP contribution in [0.3, 0.4) is 0 Å². The van der Waals surface area contributed by atoms with Crippen molar-refractivity contribution in [3.8, 4) is 17.2 Å². The van der Waals surface area contributed by atoms with Crippen LogP contribution >= 0.6 is 11.6 Å². The fourth-order valence-corrected chi connectivity index (χ4v) is 4.12. The Morgan fingerprint density at radius 1 is 1.36 bits per heavy atom. The number of aryl methyl sites for hydroxylation is 1. The molecule has 4 aromatic rings. The topological polar surface area (TPSA) is 108 Å². The van der Waals surface area contributed by atoms with Crippen molar-refractivity contribution in [3.63, 3.8) is 0 Å². The lowest BCUT2D eigenvalue weighted by Gasteiger charge is -2.36. The molecule has 1 aliphatic heterocycles. The minimum Gasteiger partial charge on any atom is -0.383 e. The molecule has 0 radical (unpaired) electrons. The second-order valence-corrected chi connectivity index (χ2v) is 8.36. The Hall–Kier alpha value is -3.39. The number of nitrogens with zero attached hydrogens (tertiary/aromatic N) is 5. The van der Waals surface area contributed by atoms with E-state index >= 15 is 0 Å². The van der Waals surface area contributed by atoms with E-state index in [1.807, 2.05) is 6.07 Å². The molecule has 4 heterocycles. The van der Waals surface area contributed by atoms with Gasteiger partial charge in [-0.25, -0.2) is 13.8 Å². The van der Waals surface area contributed by atoms with Gasteiger partial charge in [-0.2, -0.15) is 14.9 Å². The van der Waals surface area contributed by atoms with Crippen molar-refractivity contribution < 1.29 is 18.6 Å². The molecule has 11 heteroatoms. The summed E-state index contributed by atoms with van der Waals surface area (Å²) in [6, 6.07) is 8.84. The highest BCUT2D eigenvalue weighted by atomic mass is 35.5. The van der Waals surface area contributed by atoms with E-state index in [0.29, 0.717) is 27.6 Å². The number of hydrogen-bond donors (Lipinski definition) is 2. The maximum absolute atomic E-state index is 13.6. The molecule has 0 bridgehead atoms. The lowest BCUT2D eigenvalue weighted by Crippen LogP contribution is -2.54. The van der Waals surface area contributed by atoms with E-state index in [4.69, 9.17) is 16.3 Å². The van der Waals surface area contributed by atoms with E-state index in [1.165, 1.54) is 4.52 Å². The third-order valence-corrected chi connectivity index (χ3v) is 5.83. The second kappa shape index (κ2) is 7.88. The van der Waals surface area contributed by atoms with Crippen LogP contribution in [0.15, 0.2) is 30.5 Å². The molecule has 0 amide bonds. The molecule has 1 aliphatic rings. The first-order valence-electron chi connectivity index (χ1n) is 10.0. The van der Waals surface area contributed by atoms with Gasteiger partial charge < -0.3 is 15.2 Å². The number of hydrogen-bond acceptors (Lipinski definition) is 7. The number of benzene rings is 1. The molecule has 1 fully saturated rings. The molecule has 8 nitrogen and oxygen atoms in total. The summed E-state index contributed by atoms with van der Waals surface area (Å²) in [5, 5.41) is 28.5. The average molecular weight is 471 g/mol. The zero-order valence-corrected chi connectivity index (χ0v) is 18.1. The minimum atomic E-state index is -2.95. The number of halogens is 3. The lowest BCUT2D eigenvalue weighted by molar-refractivity contribution is -0.168. The van der Waals surface area contributed by atoms with E-state index < -0.39 is 17.7 Å².